The molecule has 1 aromatic carbocycles. The minimum atomic E-state index is -4.90. The van der Waals surface area contributed by atoms with Crippen LogP contribution < -0.4 is 5.32 Å². The number of alkyl halides is 3. The van der Waals surface area contributed by atoms with Crippen LogP contribution in [0.1, 0.15) is 45.7 Å². The number of ether oxygens (including phenoxy) is 1. The first-order chi connectivity index (χ1) is 13.2. The van der Waals surface area contributed by atoms with E-state index in [9.17, 15) is 22.8 Å². The molecule has 150 valence electrons. The number of carbonyl (C=O) groups is 2. The van der Waals surface area contributed by atoms with Crippen molar-refractivity contribution in [3.8, 4) is 5.69 Å². The molecule has 1 saturated carbocycles. The molecule has 1 aromatic heterocycles. The van der Waals surface area contributed by atoms with Gasteiger partial charge in [0.2, 0.25) is 0 Å². The highest BCUT2D eigenvalue weighted by Gasteiger charge is 2.40. The van der Waals surface area contributed by atoms with Crippen molar-refractivity contribution in [1.82, 2.24) is 15.1 Å². The van der Waals surface area contributed by atoms with Crippen molar-refractivity contribution in [2.45, 2.75) is 37.6 Å². The lowest BCUT2D eigenvalue weighted by Crippen LogP contribution is -2.33. The van der Waals surface area contributed by atoms with Gasteiger partial charge < -0.3 is 15.2 Å². The molecule has 1 heterocycles. The standard InChI is InChI=1S/C18H18F3N3O4/c1-28-13-7-4-11(8-13)23-16(25)10-2-5-12(6-3-10)24-15(18(19,20)21)14(9-22-24)17(26)27/h2-3,5-6,9,11,13H,4,7-8H2,1H3,(H,23,25)(H,26,27). The number of rotatable bonds is 5. The van der Waals surface area contributed by atoms with E-state index in [4.69, 9.17) is 9.84 Å². The Hall–Kier alpha value is -2.88. The monoisotopic (exact) mass is 397 g/mol. The topological polar surface area (TPSA) is 93.5 Å². The molecule has 2 aromatic rings. The minimum absolute atomic E-state index is 0.00307. The van der Waals surface area contributed by atoms with Gasteiger partial charge in [0.25, 0.3) is 5.91 Å². The van der Waals surface area contributed by atoms with Gasteiger partial charge >= 0.3 is 12.1 Å². The van der Waals surface area contributed by atoms with Gasteiger partial charge in [-0.1, -0.05) is 0 Å². The molecule has 28 heavy (non-hydrogen) atoms. The normalized spacial score (nSPS) is 19.6. The van der Waals surface area contributed by atoms with Gasteiger partial charge in [0.1, 0.15) is 5.56 Å². The molecule has 2 N–H and O–H groups in total. The number of methoxy groups -OCH3 is 1. The van der Waals surface area contributed by atoms with E-state index in [0.29, 0.717) is 17.3 Å². The molecule has 3 rings (SSSR count). The number of carboxylic acids is 1. The number of aromatic nitrogens is 2. The van der Waals surface area contributed by atoms with Crippen LogP contribution >= 0.6 is 0 Å². The first kappa shape index (κ1) is 19.9. The Labute approximate surface area is 158 Å². The fraction of sp³-hybridized carbons (Fsp3) is 0.389. The number of halogens is 3. The Morgan fingerprint density at radius 1 is 1.25 bits per heavy atom. The van der Waals surface area contributed by atoms with Gasteiger partial charge in [-0.3, -0.25) is 4.79 Å². The third-order valence-electron chi connectivity index (χ3n) is 4.70. The number of nitrogens with zero attached hydrogens (tertiary/aromatic N) is 2. The average molecular weight is 397 g/mol. The molecular formula is C18H18F3N3O4. The van der Waals surface area contributed by atoms with Crippen molar-refractivity contribution in [2.75, 3.05) is 7.11 Å². The summed E-state index contributed by atoms with van der Waals surface area (Å²) in [6.45, 7) is 0. The Bertz CT molecular complexity index is 877. The number of nitrogens with one attached hydrogen (secondary N) is 1. The molecule has 1 aliphatic carbocycles. The van der Waals surface area contributed by atoms with Crippen molar-refractivity contribution in [1.29, 1.82) is 0 Å². The van der Waals surface area contributed by atoms with Crippen LogP contribution in [0.3, 0.4) is 0 Å². The molecule has 10 heteroatoms. The highest BCUT2D eigenvalue weighted by Crippen LogP contribution is 2.33. The summed E-state index contributed by atoms with van der Waals surface area (Å²) in [5.41, 5.74) is -2.04. The lowest BCUT2D eigenvalue weighted by molar-refractivity contribution is -0.143. The van der Waals surface area contributed by atoms with Gasteiger partial charge in [0, 0.05) is 18.7 Å². The van der Waals surface area contributed by atoms with E-state index in [2.05, 4.69) is 10.4 Å². The van der Waals surface area contributed by atoms with Gasteiger partial charge in [0.15, 0.2) is 5.69 Å². The molecular weight excluding hydrogens is 379 g/mol. The van der Waals surface area contributed by atoms with Gasteiger partial charge in [0.05, 0.1) is 18.0 Å². The van der Waals surface area contributed by atoms with Crippen LogP contribution in [0.25, 0.3) is 5.69 Å². The largest absolute Gasteiger partial charge is 0.478 e. The molecule has 0 radical (unpaired) electrons. The van der Waals surface area contributed by atoms with Crippen molar-refractivity contribution in [2.24, 2.45) is 0 Å². The van der Waals surface area contributed by atoms with E-state index in [1.165, 1.54) is 24.3 Å². The lowest BCUT2D eigenvalue weighted by atomic mass is 10.1. The maximum atomic E-state index is 13.3. The fourth-order valence-electron chi connectivity index (χ4n) is 3.28. The van der Waals surface area contributed by atoms with Crippen molar-refractivity contribution in [3.05, 3.63) is 47.3 Å². The Balaban J connectivity index is 1.80. The molecule has 1 amide bonds. The molecule has 2 atom stereocenters. The van der Waals surface area contributed by atoms with Crippen LogP contribution in [-0.2, 0) is 10.9 Å². The summed E-state index contributed by atoms with van der Waals surface area (Å²) in [4.78, 5) is 23.4. The summed E-state index contributed by atoms with van der Waals surface area (Å²) in [7, 11) is 1.62. The van der Waals surface area contributed by atoms with Crippen LogP contribution in [0, 0.1) is 0 Å². The zero-order chi connectivity index (χ0) is 20.5. The first-order valence-electron chi connectivity index (χ1n) is 8.53. The fourth-order valence-corrected chi connectivity index (χ4v) is 3.28. The summed E-state index contributed by atoms with van der Waals surface area (Å²) < 4.78 is 45.6. The summed E-state index contributed by atoms with van der Waals surface area (Å²) in [5, 5.41) is 15.4. The van der Waals surface area contributed by atoms with E-state index in [0.717, 1.165) is 12.8 Å². The molecule has 7 nitrogen and oxygen atoms in total. The molecule has 1 aliphatic rings. The second-order valence-electron chi connectivity index (χ2n) is 6.51. The second kappa shape index (κ2) is 7.63. The first-order valence-corrected chi connectivity index (χ1v) is 8.53. The second-order valence-corrected chi connectivity index (χ2v) is 6.51. The Kier molecular flexibility index (Phi) is 5.41. The van der Waals surface area contributed by atoms with Crippen LogP contribution in [0.5, 0.6) is 0 Å². The van der Waals surface area contributed by atoms with Gasteiger partial charge in [-0.05, 0) is 43.5 Å². The van der Waals surface area contributed by atoms with Crippen LogP contribution in [0.2, 0.25) is 0 Å². The predicted molar refractivity (Wildman–Crippen MR) is 91.4 cm³/mol. The van der Waals surface area contributed by atoms with Gasteiger partial charge in [-0.2, -0.15) is 18.3 Å². The van der Waals surface area contributed by atoms with E-state index in [1.54, 1.807) is 7.11 Å². The third kappa shape index (κ3) is 4.01. The number of amides is 1. The molecule has 1 fully saturated rings. The average Bonchev–Trinajstić information content (AvgIpc) is 3.28. The maximum Gasteiger partial charge on any atom is 0.434 e. The van der Waals surface area contributed by atoms with Crippen molar-refractivity contribution < 1.29 is 32.6 Å². The van der Waals surface area contributed by atoms with Crippen LogP contribution in [-0.4, -0.2) is 46.0 Å². The molecule has 0 aliphatic heterocycles. The summed E-state index contributed by atoms with van der Waals surface area (Å²) in [6.07, 6.45) is -1.79. The number of hydrogen-bond acceptors (Lipinski definition) is 4. The Morgan fingerprint density at radius 2 is 1.93 bits per heavy atom. The summed E-state index contributed by atoms with van der Waals surface area (Å²) in [5.74, 6) is -2.06. The van der Waals surface area contributed by atoms with Crippen LogP contribution in [0.15, 0.2) is 30.5 Å². The number of benzene rings is 1. The quantitative estimate of drug-likeness (QED) is 0.809. The zero-order valence-corrected chi connectivity index (χ0v) is 14.9. The SMILES string of the molecule is COC1CCC(NC(=O)c2ccc(-n3ncc(C(=O)O)c3C(F)(F)F)cc2)C1. The number of hydrogen-bond donors (Lipinski definition) is 2. The summed E-state index contributed by atoms with van der Waals surface area (Å²) in [6, 6.07) is 5.30. The Morgan fingerprint density at radius 3 is 2.46 bits per heavy atom. The van der Waals surface area contributed by atoms with E-state index in [-0.39, 0.29) is 29.3 Å². The van der Waals surface area contributed by atoms with E-state index in [1.807, 2.05) is 0 Å². The number of carboxylic acid groups (broad SMARTS) is 1. The minimum Gasteiger partial charge on any atom is -0.478 e. The highest BCUT2D eigenvalue weighted by atomic mass is 19.4. The van der Waals surface area contributed by atoms with E-state index >= 15 is 0 Å². The smallest absolute Gasteiger partial charge is 0.434 e. The highest BCUT2D eigenvalue weighted by molar-refractivity contribution is 5.94. The summed E-state index contributed by atoms with van der Waals surface area (Å²) >= 11 is 0. The van der Waals surface area contributed by atoms with E-state index < -0.39 is 23.4 Å². The number of carbonyl (C=O) groups excluding carboxylic acids is 1. The predicted octanol–water partition coefficient (Wildman–Crippen LogP) is 2.89. The molecule has 2 unspecified atom stereocenters. The third-order valence-corrected chi connectivity index (χ3v) is 4.70. The van der Waals surface area contributed by atoms with Crippen LogP contribution in [0.4, 0.5) is 13.2 Å². The van der Waals surface area contributed by atoms with Gasteiger partial charge in [-0.25, -0.2) is 9.48 Å². The molecule has 0 spiro atoms. The van der Waals surface area contributed by atoms with Crippen molar-refractivity contribution in [3.63, 3.8) is 0 Å². The lowest BCUT2D eigenvalue weighted by Gasteiger charge is -2.14. The van der Waals surface area contributed by atoms with Crippen molar-refractivity contribution >= 4 is 11.9 Å². The van der Waals surface area contributed by atoms with Gasteiger partial charge in [-0.15, -0.1) is 0 Å². The number of aromatic carboxylic acids is 1. The molecule has 0 bridgehead atoms. The maximum absolute atomic E-state index is 13.3. The molecule has 0 saturated heterocycles. The zero-order valence-electron chi connectivity index (χ0n) is 14.9.